The second-order valence-corrected chi connectivity index (χ2v) is 20.5. The van der Waals surface area contributed by atoms with Gasteiger partial charge in [-0.05, 0) is 101 Å². The van der Waals surface area contributed by atoms with Crippen molar-refractivity contribution in [2.24, 2.45) is 20.4 Å². The average molecular weight is 1150 g/mol. The summed E-state index contributed by atoms with van der Waals surface area (Å²) in [5.41, 5.74) is 5.03. The van der Waals surface area contributed by atoms with Gasteiger partial charge in [0.05, 0.1) is 11.4 Å². The molecule has 21 heteroatoms. The van der Waals surface area contributed by atoms with Crippen molar-refractivity contribution < 1.29 is 49.7 Å². The third kappa shape index (κ3) is 15.2. The fourth-order valence-electron chi connectivity index (χ4n) is 7.20. The van der Waals surface area contributed by atoms with Gasteiger partial charge in [-0.15, -0.1) is 33.7 Å². The van der Waals surface area contributed by atoms with Gasteiger partial charge < -0.3 is 54.3 Å². The molecular weight excluding hydrogens is 1090 g/mol. The predicted molar refractivity (Wildman–Crippen MR) is 265 cm³/mol. The molecule has 2 fully saturated rings. The molecule has 0 atom stereocenters. The van der Waals surface area contributed by atoms with Crippen LogP contribution in [0.15, 0.2) is 56.8 Å². The Balaban J connectivity index is 0.000000280. The number of thioether (sulfide) groups is 2. The smallest absolute Gasteiger partial charge is 0.752 e. The van der Waals surface area contributed by atoms with Gasteiger partial charge >= 0.3 is 33.3 Å². The minimum absolute atomic E-state index is 0. The Labute approximate surface area is 417 Å². The molecule has 2 saturated heterocycles. The van der Waals surface area contributed by atoms with E-state index in [0.717, 1.165) is 59.8 Å². The van der Waals surface area contributed by atoms with Crippen LogP contribution in [0.1, 0.15) is 63.8 Å². The van der Waals surface area contributed by atoms with Crippen LogP contribution in [0, 0.1) is 13.8 Å². The zero-order chi connectivity index (χ0) is 46.9. The molecule has 0 unspecified atom stereocenters. The van der Waals surface area contributed by atoms with Crippen molar-refractivity contribution >= 4 is 104 Å². The molecule has 4 heterocycles. The van der Waals surface area contributed by atoms with Crippen LogP contribution in [-0.4, -0.2) is 166 Å². The van der Waals surface area contributed by atoms with Crippen molar-refractivity contribution in [3.8, 4) is 0 Å². The van der Waals surface area contributed by atoms with Gasteiger partial charge in [-0.25, -0.2) is 9.59 Å². The normalized spacial score (nSPS) is 18.7. The van der Waals surface area contributed by atoms with Gasteiger partial charge in [0.15, 0.2) is 11.4 Å². The molecule has 0 radical (unpaired) electrons. The summed E-state index contributed by atoms with van der Waals surface area (Å²) in [6.45, 7) is 23.0. The first-order chi connectivity index (χ1) is 30.2. The quantitative estimate of drug-likeness (QED) is 0.137. The van der Waals surface area contributed by atoms with E-state index in [4.69, 9.17) is 34.7 Å². The molecule has 356 valence electrons. The number of aryl methyl sites for hydroxylation is 2. The van der Waals surface area contributed by atoms with Gasteiger partial charge in [-0.3, -0.25) is 19.4 Å². The number of hydrogen-bond acceptors (Lipinski definition) is 16. The Morgan fingerprint density at radius 1 is 0.600 bits per heavy atom. The van der Waals surface area contributed by atoms with Crippen molar-refractivity contribution in [1.82, 2.24) is 19.6 Å². The van der Waals surface area contributed by atoms with E-state index in [-0.39, 0.29) is 45.1 Å². The summed E-state index contributed by atoms with van der Waals surface area (Å²) >= 11 is 12.8. The molecule has 4 amide bonds. The largest absolute Gasteiger partial charge is 2.00 e. The maximum atomic E-state index is 13.1. The number of nitrogens with zero attached hydrogens (tertiary/aromatic N) is 10. The molecule has 0 bridgehead atoms. The van der Waals surface area contributed by atoms with Gasteiger partial charge in [0.1, 0.15) is 11.2 Å². The molecule has 6 rings (SSSR count). The molecule has 65 heavy (non-hydrogen) atoms. The summed E-state index contributed by atoms with van der Waals surface area (Å²) in [7, 11) is 0. The zero-order valence-electron chi connectivity index (χ0n) is 38.8. The first-order valence-electron chi connectivity index (χ1n) is 21.2. The average Bonchev–Trinajstić information content (AvgIpc) is 3.65. The topological polar surface area (TPSA) is 156 Å². The first-order valence-corrected chi connectivity index (χ1v) is 24.4. The molecule has 0 spiro atoms. The summed E-state index contributed by atoms with van der Waals surface area (Å²) in [5, 5.41) is 16.4. The molecule has 16 nitrogen and oxygen atoms in total. The number of anilines is 2. The molecule has 0 N–H and O–H groups in total. The van der Waals surface area contributed by atoms with Crippen LogP contribution < -0.4 is 9.80 Å². The second-order valence-electron chi connectivity index (χ2n) is 17.6. The van der Waals surface area contributed by atoms with Gasteiger partial charge in [0.2, 0.25) is 0 Å². The number of benzene rings is 2. The summed E-state index contributed by atoms with van der Waals surface area (Å²) < 4.78 is 11.7. The fourth-order valence-corrected chi connectivity index (χ4v) is 7.53. The van der Waals surface area contributed by atoms with Crippen LogP contribution in [0.25, 0.3) is 0 Å². The Morgan fingerprint density at radius 3 is 1.25 bits per heavy atom. The molecule has 0 saturated carbocycles. The summed E-state index contributed by atoms with van der Waals surface area (Å²) in [5.74, 6) is -0.323. The molecule has 2 aromatic carbocycles. The van der Waals surface area contributed by atoms with Gasteiger partial charge in [0.25, 0.3) is 11.8 Å². The summed E-state index contributed by atoms with van der Waals surface area (Å²) in [6, 6.07) is 11.8. The molecule has 0 aromatic heterocycles. The van der Waals surface area contributed by atoms with E-state index in [9.17, 15) is 19.2 Å². The maximum Gasteiger partial charge on any atom is 2.00 e. The van der Waals surface area contributed by atoms with E-state index in [1.54, 1.807) is 19.6 Å². The van der Waals surface area contributed by atoms with E-state index in [1.807, 2.05) is 104 Å². The molecule has 0 aliphatic carbocycles. The molecule has 4 aliphatic rings. The van der Waals surface area contributed by atoms with Gasteiger partial charge in [-0.1, -0.05) is 23.3 Å². The molecular formula is C44H60N10O6PtS4. The number of ether oxygens (including phenoxy) is 2. The fraction of sp³-hybridized carbons (Fsp3) is 0.545. The van der Waals surface area contributed by atoms with Crippen LogP contribution >= 0.6 is 23.5 Å². The van der Waals surface area contributed by atoms with E-state index in [2.05, 4.69) is 30.2 Å². The van der Waals surface area contributed by atoms with Gasteiger partial charge in [0, 0.05) is 89.7 Å². The van der Waals surface area contributed by atoms with E-state index < -0.39 is 11.2 Å². The Hall–Kier alpha value is -3.65. The van der Waals surface area contributed by atoms with Crippen molar-refractivity contribution in [2.45, 2.75) is 66.6 Å². The zero-order valence-corrected chi connectivity index (χ0v) is 44.4. The number of amides is 4. The van der Waals surface area contributed by atoms with E-state index >= 15 is 0 Å². The van der Waals surface area contributed by atoms with Crippen LogP contribution in [0.4, 0.5) is 21.0 Å². The third-order valence-corrected chi connectivity index (χ3v) is 12.5. The molecule has 2 aromatic rings. The van der Waals surface area contributed by atoms with Crippen molar-refractivity contribution in [3.05, 3.63) is 58.7 Å². The first kappa shape index (κ1) is 54.0. The number of carbonyl (C=O) groups is 4. The Bertz CT molecular complexity index is 2030. The van der Waals surface area contributed by atoms with Crippen LogP contribution in [0.3, 0.4) is 0 Å². The van der Waals surface area contributed by atoms with Crippen LogP contribution in [0.5, 0.6) is 0 Å². The van der Waals surface area contributed by atoms with E-state index in [0.29, 0.717) is 72.5 Å². The number of carbonyl (C=O) groups excluding carboxylic acids is 4. The van der Waals surface area contributed by atoms with Crippen molar-refractivity contribution in [3.63, 3.8) is 0 Å². The summed E-state index contributed by atoms with van der Waals surface area (Å²) in [6.07, 6.45) is 3.11. The maximum absolute atomic E-state index is 13.1. The Kier molecular flexibility index (Phi) is 19.8. The second kappa shape index (κ2) is 23.9. The summed E-state index contributed by atoms with van der Waals surface area (Å²) in [4.78, 5) is 62.3. The van der Waals surface area contributed by atoms with Crippen molar-refractivity contribution in [2.75, 3.05) is 101 Å². The van der Waals surface area contributed by atoms with Crippen LogP contribution in [0.2, 0.25) is 0 Å². The van der Waals surface area contributed by atoms with Gasteiger partial charge in [-0.2, -0.15) is 10.2 Å². The number of hydrogen-bond donors (Lipinski definition) is 0. The predicted octanol–water partition coefficient (Wildman–Crippen LogP) is 5.73. The monoisotopic (exact) mass is 1150 g/mol. The standard InChI is InChI=1S/2C22H31N5O3S2.Pt/c2*1-15-6-7-17-16(14-15)18(23-24-20(31)32-5)19(28)27(17)13-10-25-8-11-26(12-9-25)21(29)30-22(2,3)4;/h2*6-7,14H,8-13H2,1-5H3,(H,24,31);/q;;+2/p-2/b2*23-18+;. The SMILES string of the molecule is CS/C([S-])=N/N=C1/C(=O)N(CCN2CCN(C(=O)OC(C)(C)C)CC2)c2ccc(C)cc21.CS/C([S-])=N/N=C1/C(=O)N(CCN2CCN(C(=O)OC(C)(C)C)CC2)c2ccc(C)cc21.[Pt+2]. The van der Waals surface area contributed by atoms with Crippen molar-refractivity contribution in [1.29, 1.82) is 0 Å². The number of piperazine rings is 2. The molecule has 4 aliphatic heterocycles. The number of fused-ring (bicyclic) bond motifs is 2. The van der Waals surface area contributed by atoms with E-state index in [1.165, 1.54) is 23.5 Å². The van der Waals surface area contributed by atoms with Crippen LogP contribution in [-0.2, 0) is 65.4 Å². The minimum atomic E-state index is -0.499. The third-order valence-electron chi connectivity index (χ3n) is 10.4. The minimum Gasteiger partial charge on any atom is -0.752 e. The number of rotatable bonds is 8. The Morgan fingerprint density at radius 2 is 0.938 bits per heavy atom.